The molecule has 0 aliphatic heterocycles. The predicted octanol–water partition coefficient (Wildman–Crippen LogP) is 22.9. The Balaban J connectivity index is 3.31. The van der Waals surface area contributed by atoms with E-state index < -0.39 is 12.1 Å². The molecule has 0 aromatic carbocycles. The first-order valence-corrected chi connectivity index (χ1v) is 35.6. The summed E-state index contributed by atoms with van der Waals surface area (Å²) < 4.78 is 5.49. The van der Waals surface area contributed by atoms with Crippen molar-refractivity contribution in [2.24, 2.45) is 0 Å². The van der Waals surface area contributed by atoms with Crippen molar-refractivity contribution in [3.05, 3.63) is 24.3 Å². The average Bonchev–Trinajstić information content (AvgIpc) is 3.44. The summed E-state index contributed by atoms with van der Waals surface area (Å²) in [5, 5.41) is 23.2. The van der Waals surface area contributed by atoms with Crippen molar-refractivity contribution in [1.29, 1.82) is 0 Å². The SMILES string of the molecule is CCCCCCCC/C=C\CCCCCCCC(=O)OCCCCCCCCCCCCCCCC/C=C\CCCCCCCCCCCCCCCCCCCC(=O)NC(CO)C(O)CCCCCCCCCCCCC. The van der Waals surface area contributed by atoms with Gasteiger partial charge in [0.2, 0.25) is 5.91 Å². The van der Waals surface area contributed by atoms with Crippen LogP contribution in [0.15, 0.2) is 24.3 Å². The number of aliphatic hydroxyl groups excluding tert-OH is 2. The zero-order valence-electron chi connectivity index (χ0n) is 52.9. The molecule has 0 saturated carbocycles. The molecule has 462 valence electrons. The maximum absolute atomic E-state index is 12.5. The van der Waals surface area contributed by atoms with Crippen LogP contribution < -0.4 is 5.32 Å². The van der Waals surface area contributed by atoms with Gasteiger partial charge in [-0.1, -0.05) is 334 Å². The van der Waals surface area contributed by atoms with Crippen molar-refractivity contribution in [2.75, 3.05) is 13.2 Å². The van der Waals surface area contributed by atoms with Crippen molar-refractivity contribution < 1.29 is 24.5 Å². The highest BCUT2D eigenvalue weighted by atomic mass is 16.5. The van der Waals surface area contributed by atoms with Crippen molar-refractivity contribution in [3.8, 4) is 0 Å². The minimum atomic E-state index is -0.660. The van der Waals surface area contributed by atoms with E-state index in [-0.39, 0.29) is 18.5 Å². The van der Waals surface area contributed by atoms with Crippen LogP contribution in [0.1, 0.15) is 399 Å². The number of amides is 1. The highest BCUT2D eigenvalue weighted by molar-refractivity contribution is 5.76. The van der Waals surface area contributed by atoms with Crippen molar-refractivity contribution in [1.82, 2.24) is 5.32 Å². The van der Waals surface area contributed by atoms with E-state index in [9.17, 15) is 19.8 Å². The largest absolute Gasteiger partial charge is 0.466 e. The maximum Gasteiger partial charge on any atom is 0.305 e. The number of hydrogen-bond donors (Lipinski definition) is 3. The highest BCUT2D eigenvalue weighted by Gasteiger charge is 2.20. The smallest absolute Gasteiger partial charge is 0.305 e. The number of allylic oxidation sites excluding steroid dienone is 4. The van der Waals surface area contributed by atoms with E-state index in [0.717, 1.165) is 44.9 Å². The highest BCUT2D eigenvalue weighted by Crippen LogP contribution is 2.19. The summed E-state index contributed by atoms with van der Waals surface area (Å²) in [6, 6.07) is -0.537. The van der Waals surface area contributed by atoms with Gasteiger partial charge in [0.25, 0.3) is 0 Å². The van der Waals surface area contributed by atoms with E-state index in [1.807, 2.05) is 0 Å². The van der Waals surface area contributed by atoms with E-state index >= 15 is 0 Å². The molecule has 6 nitrogen and oxygen atoms in total. The van der Waals surface area contributed by atoms with Crippen LogP contribution >= 0.6 is 0 Å². The molecular weight excluding hydrogens is 959 g/mol. The minimum absolute atomic E-state index is 0.0128. The fourth-order valence-corrected chi connectivity index (χ4v) is 11.3. The second kappa shape index (κ2) is 67.8. The number of esters is 1. The molecule has 2 unspecified atom stereocenters. The monoisotopic (exact) mass is 1100 g/mol. The number of hydrogen-bond acceptors (Lipinski definition) is 5. The summed E-state index contributed by atoms with van der Waals surface area (Å²) in [7, 11) is 0. The van der Waals surface area contributed by atoms with Gasteiger partial charge in [-0.25, -0.2) is 0 Å². The molecule has 0 aromatic heterocycles. The molecule has 0 fully saturated rings. The molecule has 0 heterocycles. The first-order valence-electron chi connectivity index (χ1n) is 35.6. The summed E-state index contributed by atoms with van der Waals surface area (Å²) in [6.45, 7) is 4.96. The van der Waals surface area contributed by atoms with Gasteiger partial charge in [-0.05, 0) is 77.0 Å². The van der Waals surface area contributed by atoms with Crippen LogP contribution in [0.5, 0.6) is 0 Å². The number of rotatable bonds is 67. The van der Waals surface area contributed by atoms with Crippen molar-refractivity contribution >= 4 is 11.9 Å². The van der Waals surface area contributed by atoms with Gasteiger partial charge in [0.05, 0.1) is 25.4 Å². The number of ether oxygens (including phenoxy) is 1. The number of carbonyl (C=O) groups is 2. The second-order valence-corrected chi connectivity index (χ2v) is 24.6. The number of carbonyl (C=O) groups excluding carboxylic acids is 2. The molecule has 0 aliphatic rings. The zero-order valence-corrected chi connectivity index (χ0v) is 52.9. The third-order valence-electron chi connectivity index (χ3n) is 16.7. The first-order chi connectivity index (χ1) is 38.5. The van der Waals surface area contributed by atoms with Gasteiger partial charge in [0.1, 0.15) is 0 Å². The predicted molar refractivity (Wildman–Crippen MR) is 343 cm³/mol. The molecule has 0 bridgehead atoms. The summed E-state index contributed by atoms with van der Waals surface area (Å²) in [5.74, 6) is -0.0177. The van der Waals surface area contributed by atoms with Gasteiger partial charge < -0.3 is 20.3 Å². The normalized spacial score (nSPS) is 12.6. The van der Waals surface area contributed by atoms with Crippen LogP contribution in [0.3, 0.4) is 0 Å². The number of nitrogens with one attached hydrogen (secondary N) is 1. The Kier molecular flexibility index (Phi) is 66.4. The van der Waals surface area contributed by atoms with E-state index in [0.29, 0.717) is 25.9 Å². The molecule has 1 amide bonds. The fourth-order valence-electron chi connectivity index (χ4n) is 11.3. The molecule has 0 aromatic rings. The minimum Gasteiger partial charge on any atom is -0.466 e. The Bertz CT molecular complexity index is 1220. The third kappa shape index (κ3) is 63.5. The molecule has 0 radical (unpaired) electrons. The Morgan fingerprint density at radius 1 is 0.346 bits per heavy atom. The topological polar surface area (TPSA) is 95.9 Å². The lowest BCUT2D eigenvalue weighted by atomic mass is 10.0. The summed E-state index contributed by atoms with van der Waals surface area (Å²) in [4.78, 5) is 24.5. The summed E-state index contributed by atoms with van der Waals surface area (Å²) >= 11 is 0. The van der Waals surface area contributed by atoms with E-state index in [4.69, 9.17) is 4.74 Å². The Morgan fingerprint density at radius 3 is 0.910 bits per heavy atom. The lowest BCUT2D eigenvalue weighted by molar-refractivity contribution is -0.143. The molecule has 0 aliphatic carbocycles. The van der Waals surface area contributed by atoms with Crippen molar-refractivity contribution in [3.63, 3.8) is 0 Å². The van der Waals surface area contributed by atoms with Crippen LogP contribution in [-0.4, -0.2) is 47.4 Å². The fraction of sp³-hybridized carbons (Fsp3) is 0.917. The van der Waals surface area contributed by atoms with Crippen LogP contribution in [0.25, 0.3) is 0 Å². The maximum atomic E-state index is 12.5. The Hall–Kier alpha value is -1.66. The van der Waals surface area contributed by atoms with Gasteiger partial charge in [0, 0.05) is 12.8 Å². The molecule has 78 heavy (non-hydrogen) atoms. The van der Waals surface area contributed by atoms with E-state index in [1.54, 1.807) is 0 Å². The Morgan fingerprint density at radius 2 is 0.603 bits per heavy atom. The quantitative estimate of drug-likeness (QED) is 0.0320. The average molecular weight is 1100 g/mol. The lowest BCUT2D eigenvalue weighted by Crippen LogP contribution is -2.45. The van der Waals surface area contributed by atoms with Gasteiger partial charge in [-0.15, -0.1) is 0 Å². The second-order valence-electron chi connectivity index (χ2n) is 24.6. The zero-order chi connectivity index (χ0) is 56.4. The molecule has 2 atom stereocenters. The molecule has 0 rings (SSSR count). The van der Waals surface area contributed by atoms with Gasteiger partial charge in [-0.2, -0.15) is 0 Å². The molecule has 0 spiro atoms. The van der Waals surface area contributed by atoms with E-state index in [2.05, 4.69) is 43.5 Å². The number of aliphatic hydroxyl groups is 2. The van der Waals surface area contributed by atoms with Crippen LogP contribution in [0.2, 0.25) is 0 Å². The molecule has 0 saturated heterocycles. The number of unbranched alkanes of at least 4 members (excludes halogenated alkanes) is 52. The third-order valence-corrected chi connectivity index (χ3v) is 16.7. The van der Waals surface area contributed by atoms with E-state index in [1.165, 1.54) is 321 Å². The summed E-state index contributed by atoms with van der Waals surface area (Å²) in [5.41, 5.74) is 0. The van der Waals surface area contributed by atoms with Gasteiger partial charge in [-0.3, -0.25) is 9.59 Å². The molecule has 6 heteroatoms. The van der Waals surface area contributed by atoms with Crippen LogP contribution in [-0.2, 0) is 14.3 Å². The molecular formula is C72H139NO5. The standard InChI is InChI=1S/C72H139NO5/c1-3-5-7-9-11-13-15-16-38-42-46-50-54-58-62-66-72(77)78-67-63-59-55-51-47-43-40-37-35-33-31-29-27-25-23-21-19-17-18-20-22-24-26-28-30-32-34-36-39-41-45-49-53-57-61-65-71(76)73-69(68-74)70(75)64-60-56-52-48-44-14-12-10-8-6-4-2/h16,19,21,38,69-70,74-75H,3-15,17-18,20,22-37,39-68H2,1-2H3,(H,73,76)/b21-19-,38-16-. The first kappa shape index (κ1) is 76.3. The molecule has 3 N–H and O–H groups in total. The Labute approximate surface area is 488 Å². The van der Waals surface area contributed by atoms with Gasteiger partial charge in [0.15, 0.2) is 0 Å². The lowest BCUT2D eigenvalue weighted by Gasteiger charge is -2.22. The van der Waals surface area contributed by atoms with Crippen LogP contribution in [0, 0.1) is 0 Å². The summed E-state index contributed by atoms with van der Waals surface area (Å²) in [6.07, 6.45) is 85.3. The van der Waals surface area contributed by atoms with Crippen LogP contribution in [0.4, 0.5) is 0 Å². The van der Waals surface area contributed by atoms with Gasteiger partial charge >= 0.3 is 5.97 Å². The van der Waals surface area contributed by atoms with Crippen molar-refractivity contribution in [2.45, 2.75) is 411 Å².